The minimum absolute atomic E-state index is 0.287. The molecule has 0 aliphatic rings. The highest BCUT2D eigenvalue weighted by molar-refractivity contribution is 5.82. The molecule has 3 rings (SSSR count). The summed E-state index contributed by atoms with van der Waals surface area (Å²) < 4.78 is 18.6. The molecular formula is C13H9FN2O. The predicted molar refractivity (Wildman–Crippen MR) is 63.8 cm³/mol. The van der Waals surface area contributed by atoms with E-state index in [1.807, 2.05) is 0 Å². The average molecular weight is 228 g/mol. The van der Waals surface area contributed by atoms with E-state index in [1.165, 1.54) is 12.1 Å². The Morgan fingerprint density at radius 2 is 2.00 bits per heavy atom. The Hall–Kier alpha value is -2.36. The van der Waals surface area contributed by atoms with Gasteiger partial charge in [0.25, 0.3) is 0 Å². The van der Waals surface area contributed by atoms with Crippen molar-refractivity contribution in [3.63, 3.8) is 0 Å². The van der Waals surface area contributed by atoms with Crippen molar-refractivity contribution in [1.29, 1.82) is 0 Å². The highest BCUT2D eigenvalue weighted by Crippen LogP contribution is 2.27. The smallest absolute Gasteiger partial charge is 0.153 e. The van der Waals surface area contributed by atoms with Crippen LogP contribution in [0.15, 0.2) is 47.0 Å². The normalized spacial score (nSPS) is 10.9. The number of nitrogens with two attached hydrogens (primary N) is 1. The lowest BCUT2D eigenvalue weighted by atomic mass is 10.2. The molecular weight excluding hydrogens is 219 g/mol. The van der Waals surface area contributed by atoms with Gasteiger partial charge in [0.1, 0.15) is 17.1 Å². The monoisotopic (exact) mass is 228 g/mol. The molecule has 0 aliphatic carbocycles. The highest BCUT2D eigenvalue weighted by atomic mass is 19.1. The third kappa shape index (κ3) is 1.73. The van der Waals surface area contributed by atoms with Gasteiger partial charge in [-0.25, -0.2) is 4.39 Å². The quantitative estimate of drug-likeness (QED) is 0.695. The lowest BCUT2D eigenvalue weighted by Crippen LogP contribution is -1.86. The first-order valence-corrected chi connectivity index (χ1v) is 5.13. The van der Waals surface area contributed by atoms with Crippen LogP contribution in [0.4, 0.5) is 10.1 Å². The summed E-state index contributed by atoms with van der Waals surface area (Å²) >= 11 is 0. The summed E-state index contributed by atoms with van der Waals surface area (Å²) in [4.78, 5) is 4.16. The van der Waals surface area contributed by atoms with Crippen molar-refractivity contribution in [1.82, 2.24) is 4.98 Å². The van der Waals surface area contributed by atoms with Crippen molar-refractivity contribution in [2.45, 2.75) is 0 Å². The third-order valence-electron chi connectivity index (χ3n) is 2.51. The number of furan rings is 1. The lowest BCUT2D eigenvalue weighted by Gasteiger charge is -1.96. The number of anilines is 1. The van der Waals surface area contributed by atoms with Crippen molar-refractivity contribution >= 4 is 16.7 Å². The van der Waals surface area contributed by atoms with E-state index >= 15 is 0 Å². The second-order valence-electron chi connectivity index (χ2n) is 3.77. The summed E-state index contributed by atoms with van der Waals surface area (Å²) in [5, 5.41) is 0.712. The van der Waals surface area contributed by atoms with Crippen molar-refractivity contribution in [3.8, 4) is 11.5 Å². The van der Waals surface area contributed by atoms with Gasteiger partial charge in [0, 0.05) is 17.3 Å². The molecule has 0 fully saturated rings. The molecule has 0 aliphatic heterocycles. The Kier molecular flexibility index (Phi) is 2.08. The minimum Gasteiger partial charge on any atom is -0.454 e. The Bertz CT molecular complexity index is 691. The number of aromatic nitrogens is 1. The van der Waals surface area contributed by atoms with E-state index in [9.17, 15) is 4.39 Å². The molecule has 4 heteroatoms. The fourth-order valence-corrected chi connectivity index (χ4v) is 1.72. The molecule has 0 saturated heterocycles. The lowest BCUT2D eigenvalue weighted by molar-refractivity contribution is 0.618. The van der Waals surface area contributed by atoms with Gasteiger partial charge in [0.2, 0.25) is 0 Å². The summed E-state index contributed by atoms with van der Waals surface area (Å²) in [7, 11) is 0. The molecule has 1 aromatic carbocycles. The van der Waals surface area contributed by atoms with Crippen LogP contribution in [-0.4, -0.2) is 4.98 Å². The Morgan fingerprint density at radius 3 is 2.82 bits per heavy atom. The number of benzene rings is 1. The second-order valence-corrected chi connectivity index (χ2v) is 3.77. The van der Waals surface area contributed by atoms with Gasteiger partial charge >= 0.3 is 0 Å². The van der Waals surface area contributed by atoms with Crippen LogP contribution in [0.3, 0.4) is 0 Å². The molecule has 2 N–H and O–H groups in total. The SMILES string of the molecule is Nc1ccnc(-c2cc3cc(F)ccc3o2)c1. The first-order chi connectivity index (χ1) is 8.22. The molecule has 0 saturated carbocycles. The number of pyridine rings is 1. The van der Waals surface area contributed by atoms with Crippen molar-refractivity contribution in [3.05, 3.63) is 48.4 Å². The van der Waals surface area contributed by atoms with Gasteiger partial charge in [-0.3, -0.25) is 4.98 Å². The molecule has 0 amide bonds. The zero-order valence-corrected chi connectivity index (χ0v) is 8.85. The standard InChI is InChI=1S/C13H9FN2O/c14-9-1-2-12-8(5-9)6-13(17-12)11-7-10(15)3-4-16-11/h1-7H,(H2,15,16). The van der Waals surface area contributed by atoms with E-state index in [4.69, 9.17) is 10.2 Å². The van der Waals surface area contributed by atoms with E-state index in [-0.39, 0.29) is 5.82 Å². The Labute approximate surface area is 96.7 Å². The number of nitrogen functional groups attached to an aromatic ring is 1. The van der Waals surface area contributed by atoms with Crippen LogP contribution in [0.25, 0.3) is 22.4 Å². The summed E-state index contributed by atoms with van der Waals surface area (Å²) in [6, 6.07) is 9.55. The van der Waals surface area contributed by atoms with Crippen molar-refractivity contribution in [2.75, 3.05) is 5.73 Å². The van der Waals surface area contributed by atoms with Gasteiger partial charge in [-0.1, -0.05) is 0 Å². The molecule has 3 aromatic rings. The van der Waals surface area contributed by atoms with Gasteiger partial charge in [0.05, 0.1) is 0 Å². The maximum Gasteiger partial charge on any atom is 0.153 e. The van der Waals surface area contributed by atoms with E-state index in [0.717, 1.165) is 0 Å². The molecule has 2 heterocycles. The molecule has 0 atom stereocenters. The number of rotatable bonds is 1. The van der Waals surface area contributed by atoms with Crippen LogP contribution in [0.2, 0.25) is 0 Å². The Balaban J connectivity index is 2.18. The number of nitrogens with zero attached hydrogens (tertiary/aromatic N) is 1. The van der Waals surface area contributed by atoms with Crippen LogP contribution < -0.4 is 5.73 Å². The van der Waals surface area contributed by atoms with Crippen LogP contribution in [0.1, 0.15) is 0 Å². The van der Waals surface area contributed by atoms with Gasteiger partial charge in [-0.2, -0.15) is 0 Å². The predicted octanol–water partition coefficient (Wildman–Crippen LogP) is 3.22. The highest BCUT2D eigenvalue weighted by Gasteiger charge is 2.08. The van der Waals surface area contributed by atoms with Crippen molar-refractivity contribution in [2.24, 2.45) is 0 Å². The van der Waals surface area contributed by atoms with Crippen LogP contribution in [0, 0.1) is 5.82 Å². The number of fused-ring (bicyclic) bond motifs is 1. The van der Waals surface area contributed by atoms with Crippen molar-refractivity contribution < 1.29 is 8.81 Å². The van der Waals surface area contributed by atoms with E-state index in [0.29, 0.717) is 28.1 Å². The first kappa shape index (κ1) is 9.84. The fraction of sp³-hybridized carbons (Fsp3) is 0. The maximum atomic E-state index is 13.0. The molecule has 0 spiro atoms. The summed E-state index contributed by atoms with van der Waals surface area (Å²) in [6.07, 6.45) is 1.61. The molecule has 0 unspecified atom stereocenters. The van der Waals surface area contributed by atoms with E-state index in [1.54, 1.807) is 30.5 Å². The van der Waals surface area contributed by atoms with Crippen LogP contribution in [0.5, 0.6) is 0 Å². The molecule has 84 valence electrons. The van der Waals surface area contributed by atoms with Crippen LogP contribution in [-0.2, 0) is 0 Å². The molecule has 2 aromatic heterocycles. The van der Waals surface area contributed by atoms with E-state index < -0.39 is 0 Å². The first-order valence-electron chi connectivity index (χ1n) is 5.13. The van der Waals surface area contributed by atoms with Crippen LogP contribution >= 0.6 is 0 Å². The Morgan fingerprint density at radius 1 is 1.12 bits per heavy atom. The molecule has 17 heavy (non-hydrogen) atoms. The topological polar surface area (TPSA) is 52.0 Å². The molecule has 0 bridgehead atoms. The maximum absolute atomic E-state index is 13.0. The summed E-state index contributed by atoms with van der Waals surface area (Å²) in [5.74, 6) is 0.295. The second kappa shape index (κ2) is 3.59. The largest absolute Gasteiger partial charge is 0.454 e. The number of halogens is 1. The fourth-order valence-electron chi connectivity index (χ4n) is 1.72. The summed E-state index contributed by atoms with van der Waals surface area (Å²) in [6.45, 7) is 0. The number of hydrogen-bond donors (Lipinski definition) is 1. The van der Waals surface area contributed by atoms with Gasteiger partial charge in [0.15, 0.2) is 5.76 Å². The zero-order valence-electron chi connectivity index (χ0n) is 8.85. The summed E-state index contributed by atoms with van der Waals surface area (Å²) in [5.41, 5.74) is 7.56. The van der Waals surface area contributed by atoms with Gasteiger partial charge in [-0.05, 0) is 36.4 Å². The molecule has 0 radical (unpaired) electrons. The average Bonchev–Trinajstić information content (AvgIpc) is 2.72. The molecule has 3 nitrogen and oxygen atoms in total. The minimum atomic E-state index is -0.287. The third-order valence-corrected chi connectivity index (χ3v) is 2.51. The van der Waals surface area contributed by atoms with Gasteiger partial charge in [-0.15, -0.1) is 0 Å². The van der Waals surface area contributed by atoms with Gasteiger partial charge < -0.3 is 10.2 Å². The number of hydrogen-bond acceptors (Lipinski definition) is 3. The van der Waals surface area contributed by atoms with E-state index in [2.05, 4.69) is 4.98 Å². The zero-order chi connectivity index (χ0) is 11.8.